The summed E-state index contributed by atoms with van der Waals surface area (Å²) in [5.41, 5.74) is 2.44. The molecule has 1 aromatic rings. The number of piperazine rings is 1. The summed E-state index contributed by atoms with van der Waals surface area (Å²) in [7, 11) is 1.82. The average molecular weight is 280 g/mol. The Labute approximate surface area is 118 Å². The summed E-state index contributed by atoms with van der Waals surface area (Å²) < 4.78 is 0. The summed E-state index contributed by atoms with van der Waals surface area (Å²) >= 11 is 6.20. The molecule has 0 spiro atoms. The van der Waals surface area contributed by atoms with Crippen molar-refractivity contribution >= 4 is 29.7 Å². The largest absolute Gasteiger partial charge is 0.394 e. The third-order valence-corrected chi connectivity index (χ3v) is 3.49. The predicted molar refractivity (Wildman–Crippen MR) is 80.0 cm³/mol. The van der Waals surface area contributed by atoms with Crippen LogP contribution in [0.2, 0.25) is 5.02 Å². The molecule has 0 saturated carbocycles. The van der Waals surface area contributed by atoms with Crippen molar-refractivity contribution in [1.29, 1.82) is 0 Å². The fraction of sp³-hybridized carbons (Fsp3) is 0.357. The van der Waals surface area contributed by atoms with Crippen LogP contribution in [0.1, 0.15) is 15.9 Å². The molecule has 0 unspecified atom stereocenters. The molecular weight excluding hydrogens is 262 g/mol. The molecule has 1 heterocycles. The van der Waals surface area contributed by atoms with Gasteiger partial charge in [0.15, 0.2) is 6.29 Å². The fourth-order valence-electron chi connectivity index (χ4n) is 2.17. The van der Waals surface area contributed by atoms with Gasteiger partial charge in [0.25, 0.3) is 0 Å². The molecule has 1 fully saturated rings. The zero-order valence-corrected chi connectivity index (χ0v) is 11.7. The van der Waals surface area contributed by atoms with Crippen molar-refractivity contribution < 1.29 is 4.79 Å². The topological polar surface area (TPSA) is 44.4 Å². The summed E-state index contributed by atoms with van der Waals surface area (Å²) in [6.45, 7) is 3.83. The Morgan fingerprint density at radius 2 is 2.11 bits per heavy atom. The van der Waals surface area contributed by atoms with E-state index in [1.54, 1.807) is 6.20 Å². The van der Waals surface area contributed by atoms with Gasteiger partial charge in [0.05, 0.1) is 5.02 Å². The van der Waals surface area contributed by atoms with Crippen molar-refractivity contribution in [3.05, 3.63) is 34.5 Å². The summed E-state index contributed by atoms with van der Waals surface area (Å²) in [6, 6.07) is 3.88. The van der Waals surface area contributed by atoms with E-state index < -0.39 is 0 Å². The third-order valence-electron chi connectivity index (χ3n) is 3.18. The Morgan fingerprint density at radius 1 is 1.37 bits per heavy atom. The summed E-state index contributed by atoms with van der Waals surface area (Å²) in [4.78, 5) is 13.4. The lowest BCUT2D eigenvalue weighted by Gasteiger charge is -2.30. The van der Waals surface area contributed by atoms with Crippen molar-refractivity contribution in [3.8, 4) is 0 Å². The SMILES string of the molecule is CN/C=C\c1cc(N2CCNCC2)cc(Cl)c1C=O. The Balaban J connectivity index is 2.37. The lowest BCUT2D eigenvalue weighted by atomic mass is 10.1. The number of rotatable bonds is 4. The predicted octanol–water partition coefficient (Wildman–Crippen LogP) is 1.75. The average Bonchev–Trinajstić information content (AvgIpc) is 2.45. The number of aldehydes is 1. The van der Waals surface area contributed by atoms with Crippen molar-refractivity contribution in [2.75, 3.05) is 38.1 Å². The first-order chi connectivity index (χ1) is 9.26. The molecule has 102 valence electrons. The van der Waals surface area contributed by atoms with Crippen LogP contribution in [0, 0.1) is 0 Å². The van der Waals surface area contributed by atoms with Gasteiger partial charge in [0.1, 0.15) is 0 Å². The molecule has 1 saturated heterocycles. The highest BCUT2D eigenvalue weighted by Gasteiger charge is 2.14. The standard InChI is InChI=1S/C14H18ClN3O/c1-16-3-2-11-8-12(9-14(15)13(11)10-19)18-6-4-17-5-7-18/h2-3,8-10,16-17H,4-7H2,1H3/b3-2-. The van der Waals surface area contributed by atoms with Gasteiger partial charge in [-0.3, -0.25) is 4.79 Å². The van der Waals surface area contributed by atoms with Gasteiger partial charge in [-0.05, 0) is 30.0 Å². The second-order valence-corrected chi connectivity index (χ2v) is 4.81. The Kier molecular flexibility index (Phi) is 4.82. The number of nitrogens with one attached hydrogen (secondary N) is 2. The highest BCUT2D eigenvalue weighted by Crippen LogP contribution is 2.27. The van der Waals surface area contributed by atoms with E-state index in [1.165, 1.54) is 0 Å². The molecule has 0 radical (unpaired) electrons. The second kappa shape index (κ2) is 6.59. The van der Waals surface area contributed by atoms with Gasteiger partial charge in [-0.15, -0.1) is 0 Å². The molecule has 2 N–H and O–H groups in total. The molecule has 0 amide bonds. The molecule has 1 aromatic carbocycles. The molecule has 1 aliphatic heterocycles. The van der Waals surface area contributed by atoms with Gasteiger partial charge in [0.2, 0.25) is 0 Å². The fourth-order valence-corrected chi connectivity index (χ4v) is 2.43. The lowest BCUT2D eigenvalue weighted by Crippen LogP contribution is -2.43. The Hall–Kier alpha value is -1.52. The van der Waals surface area contributed by atoms with Gasteiger partial charge in [-0.2, -0.15) is 0 Å². The molecule has 19 heavy (non-hydrogen) atoms. The minimum absolute atomic E-state index is 0.502. The molecule has 0 aromatic heterocycles. The van der Waals surface area contributed by atoms with Crippen molar-refractivity contribution in [2.24, 2.45) is 0 Å². The van der Waals surface area contributed by atoms with Crippen LogP contribution in [0.5, 0.6) is 0 Å². The Morgan fingerprint density at radius 3 is 2.74 bits per heavy atom. The number of carbonyl (C=O) groups is 1. The van der Waals surface area contributed by atoms with Crippen LogP contribution in [0.4, 0.5) is 5.69 Å². The van der Waals surface area contributed by atoms with Crippen LogP contribution in [0.25, 0.3) is 6.08 Å². The first-order valence-corrected chi connectivity index (χ1v) is 6.72. The normalized spacial score (nSPS) is 15.8. The van der Waals surface area contributed by atoms with Gasteiger partial charge in [-0.1, -0.05) is 11.6 Å². The molecule has 0 atom stereocenters. The summed E-state index contributed by atoms with van der Waals surface area (Å²) in [6.07, 6.45) is 4.46. The van der Waals surface area contributed by atoms with Gasteiger partial charge < -0.3 is 15.5 Å². The number of benzene rings is 1. The molecule has 1 aliphatic rings. The third kappa shape index (κ3) is 3.28. The molecular formula is C14H18ClN3O. The number of carbonyl (C=O) groups excluding carboxylic acids is 1. The number of anilines is 1. The zero-order valence-electron chi connectivity index (χ0n) is 10.9. The highest BCUT2D eigenvalue weighted by molar-refractivity contribution is 6.33. The van der Waals surface area contributed by atoms with Gasteiger partial charge >= 0.3 is 0 Å². The smallest absolute Gasteiger partial charge is 0.152 e. The number of nitrogens with zero attached hydrogens (tertiary/aromatic N) is 1. The van der Waals surface area contributed by atoms with Gasteiger partial charge in [0, 0.05) is 44.5 Å². The quantitative estimate of drug-likeness (QED) is 0.825. The van der Waals surface area contributed by atoms with E-state index >= 15 is 0 Å². The highest BCUT2D eigenvalue weighted by atomic mass is 35.5. The monoisotopic (exact) mass is 279 g/mol. The molecule has 0 aliphatic carbocycles. The number of hydrogen-bond acceptors (Lipinski definition) is 4. The van der Waals surface area contributed by atoms with Gasteiger partial charge in [-0.25, -0.2) is 0 Å². The molecule has 2 rings (SSSR count). The van der Waals surface area contributed by atoms with Crippen LogP contribution in [-0.4, -0.2) is 39.5 Å². The minimum Gasteiger partial charge on any atom is -0.394 e. The van der Waals surface area contributed by atoms with E-state index in [2.05, 4.69) is 15.5 Å². The maximum atomic E-state index is 11.1. The first-order valence-electron chi connectivity index (χ1n) is 6.34. The maximum absolute atomic E-state index is 11.1. The van der Waals surface area contributed by atoms with E-state index in [9.17, 15) is 4.79 Å². The van der Waals surface area contributed by atoms with Crippen LogP contribution < -0.4 is 15.5 Å². The molecule has 0 bridgehead atoms. The van der Waals surface area contributed by atoms with Crippen LogP contribution >= 0.6 is 11.6 Å². The van der Waals surface area contributed by atoms with Crippen LogP contribution in [-0.2, 0) is 0 Å². The van der Waals surface area contributed by atoms with Crippen molar-refractivity contribution in [2.45, 2.75) is 0 Å². The van der Waals surface area contributed by atoms with Crippen molar-refractivity contribution in [3.63, 3.8) is 0 Å². The zero-order chi connectivity index (χ0) is 13.7. The lowest BCUT2D eigenvalue weighted by molar-refractivity contribution is 0.112. The molecule has 4 nitrogen and oxygen atoms in total. The van der Waals surface area contributed by atoms with Crippen molar-refractivity contribution in [1.82, 2.24) is 10.6 Å². The van der Waals surface area contributed by atoms with Crippen LogP contribution in [0.3, 0.4) is 0 Å². The summed E-state index contributed by atoms with van der Waals surface area (Å²) in [5, 5.41) is 6.74. The van der Waals surface area contributed by atoms with Crippen LogP contribution in [0.15, 0.2) is 18.3 Å². The number of halogens is 1. The van der Waals surface area contributed by atoms with E-state index in [0.717, 1.165) is 43.7 Å². The molecule has 5 heteroatoms. The second-order valence-electron chi connectivity index (χ2n) is 4.41. The first kappa shape index (κ1) is 13.9. The maximum Gasteiger partial charge on any atom is 0.152 e. The van der Waals surface area contributed by atoms with E-state index in [-0.39, 0.29) is 0 Å². The minimum atomic E-state index is 0.502. The summed E-state index contributed by atoms with van der Waals surface area (Å²) in [5.74, 6) is 0. The van der Waals surface area contributed by atoms with E-state index in [0.29, 0.717) is 10.6 Å². The number of hydrogen-bond donors (Lipinski definition) is 2. The van der Waals surface area contributed by atoms with E-state index in [1.807, 2.05) is 25.3 Å². The van der Waals surface area contributed by atoms with E-state index in [4.69, 9.17) is 11.6 Å². The Bertz CT molecular complexity index is 482.